The zero-order valence-electron chi connectivity index (χ0n) is 10.5. The van der Waals surface area contributed by atoms with Crippen LogP contribution >= 0.6 is 11.3 Å². The molecular weight excluding hydrogens is 248 g/mol. The largest absolute Gasteiger partial charge is 0.496 e. The molecule has 3 nitrogen and oxygen atoms in total. The minimum absolute atomic E-state index is 0.315. The number of carbonyl (C=O) groups is 1. The smallest absolute Gasteiger partial charge is 0.336 e. The van der Waals surface area contributed by atoms with Gasteiger partial charge in [-0.2, -0.15) is 0 Å². The Hall–Kier alpha value is -1.81. The number of hydrogen-bond donors (Lipinski definition) is 1. The van der Waals surface area contributed by atoms with Gasteiger partial charge in [0.2, 0.25) is 0 Å². The summed E-state index contributed by atoms with van der Waals surface area (Å²) in [6.45, 7) is 4.03. The van der Waals surface area contributed by atoms with Gasteiger partial charge in [-0.25, -0.2) is 4.79 Å². The maximum atomic E-state index is 10.9. The van der Waals surface area contributed by atoms with Crippen molar-refractivity contribution in [2.24, 2.45) is 0 Å². The molecule has 0 atom stereocenters. The average Bonchev–Trinajstić information content (AvgIpc) is 2.82. The summed E-state index contributed by atoms with van der Waals surface area (Å²) in [7, 11) is 1.64. The van der Waals surface area contributed by atoms with Gasteiger partial charge in [0.15, 0.2) is 0 Å². The highest BCUT2D eigenvalue weighted by Gasteiger charge is 2.14. The number of methoxy groups -OCH3 is 1. The molecule has 2 aromatic rings. The van der Waals surface area contributed by atoms with Crippen molar-refractivity contribution in [2.45, 2.75) is 13.8 Å². The number of carboxylic acid groups (broad SMARTS) is 1. The van der Waals surface area contributed by atoms with Gasteiger partial charge in [-0.05, 0) is 37.1 Å². The van der Waals surface area contributed by atoms with Crippen LogP contribution in [0.4, 0.5) is 0 Å². The summed E-state index contributed by atoms with van der Waals surface area (Å²) in [6.07, 6.45) is 0. The topological polar surface area (TPSA) is 46.5 Å². The Balaban J connectivity index is 2.56. The third-order valence-electron chi connectivity index (χ3n) is 2.99. The summed E-state index contributed by atoms with van der Waals surface area (Å²) in [6, 6.07) is 5.67. The highest BCUT2D eigenvalue weighted by Crippen LogP contribution is 2.37. The highest BCUT2D eigenvalue weighted by molar-refractivity contribution is 7.13. The van der Waals surface area contributed by atoms with Crippen LogP contribution in [0.3, 0.4) is 0 Å². The molecule has 94 valence electrons. The molecular formula is C14H14O3S. The lowest BCUT2D eigenvalue weighted by molar-refractivity contribution is 0.0697. The predicted molar refractivity (Wildman–Crippen MR) is 72.7 cm³/mol. The average molecular weight is 262 g/mol. The van der Waals surface area contributed by atoms with Crippen molar-refractivity contribution in [3.8, 4) is 16.2 Å². The fourth-order valence-corrected chi connectivity index (χ4v) is 2.74. The number of rotatable bonds is 3. The van der Waals surface area contributed by atoms with E-state index in [4.69, 9.17) is 9.84 Å². The van der Waals surface area contributed by atoms with Gasteiger partial charge in [0.05, 0.1) is 12.7 Å². The molecule has 18 heavy (non-hydrogen) atoms. The minimum Gasteiger partial charge on any atom is -0.496 e. The van der Waals surface area contributed by atoms with E-state index in [1.54, 1.807) is 18.6 Å². The summed E-state index contributed by atoms with van der Waals surface area (Å²) in [5.41, 5.74) is 3.50. The summed E-state index contributed by atoms with van der Waals surface area (Å²) in [5.74, 6) is -0.0888. The van der Waals surface area contributed by atoms with E-state index in [0.717, 1.165) is 27.3 Å². The van der Waals surface area contributed by atoms with E-state index in [1.165, 1.54) is 11.3 Å². The molecule has 0 radical (unpaired) electrons. The van der Waals surface area contributed by atoms with Crippen LogP contribution in [-0.4, -0.2) is 18.2 Å². The molecule has 0 saturated carbocycles. The van der Waals surface area contributed by atoms with Crippen LogP contribution in [0.2, 0.25) is 0 Å². The Morgan fingerprint density at radius 1 is 1.33 bits per heavy atom. The van der Waals surface area contributed by atoms with E-state index in [-0.39, 0.29) is 0 Å². The van der Waals surface area contributed by atoms with Gasteiger partial charge in [-0.3, -0.25) is 0 Å². The molecule has 0 fully saturated rings. The molecule has 0 unspecified atom stereocenters. The fraction of sp³-hybridized carbons (Fsp3) is 0.214. The van der Waals surface area contributed by atoms with Gasteiger partial charge >= 0.3 is 5.97 Å². The van der Waals surface area contributed by atoms with E-state index in [0.29, 0.717) is 5.56 Å². The first-order valence-corrected chi connectivity index (χ1v) is 6.39. The van der Waals surface area contributed by atoms with Crippen molar-refractivity contribution in [1.29, 1.82) is 0 Å². The molecule has 2 rings (SSSR count). The van der Waals surface area contributed by atoms with Crippen LogP contribution < -0.4 is 4.74 Å². The van der Waals surface area contributed by atoms with Crippen molar-refractivity contribution in [3.05, 3.63) is 40.3 Å². The van der Waals surface area contributed by atoms with Crippen molar-refractivity contribution in [1.82, 2.24) is 0 Å². The lowest BCUT2D eigenvalue weighted by atomic mass is 10.0. The van der Waals surface area contributed by atoms with Gasteiger partial charge in [0, 0.05) is 15.8 Å². The Labute approximate surface area is 110 Å². The monoisotopic (exact) mass is 262 g/mol. The zero-order valence-corrected chi connectivity index (χ0v) is 11.3. The van der Waals surface area contributed by atoms with E-state index in [9.17, 15) is 4.79 Å². The maximum Gasteiger partial charge on any atom is 0.336 e. The second-order valence-corrected chi connectivity index (χ2v) is 5.00. The lowest BCUT2D eigenvalue weighted by Crippen LogP contribution is -1.94. The first kappa shape index (κ1) is 12.6. The summed E-state index contributed by atoms with van der Waals surface area (Å²) in [4.78, 5) is 11.8. The first-order valence-electron chi connectivity index (χ1n) is 5.51. The molecule has 0 bridgehead atoms. The number of carboxylic acids is 1. The summed E-state index contributed by atoms with van der Waals surface area (Å²) >= 11 is 1.41. The fourth-order valence-electron chi connectivity index (χ4n) is 1.84. The number of hydrogen-bond acceptors (Lipinski definition) is 3. The maximum absolute atomic E-state index is 10.9. The molecule has 0 aliphatic carbocycles. The number of benzene rings is 1. The molecule has 0 saturated heterocycles. The lowest BCUT2D eigenvalue weighted by Gasteiger charge is -2.12. The molecule has 0 aliphatic rings. The quantitative estimate of drug-likeness (QED) is 0.916. The van der Waals surface area contributed by atoms with Gasteiger partial charge in [0.25, 0.3) is 0 Å². The van der Waals surface area contributed by atoms with E-state index in [1.807, 2.05) is 26.0 Å². The van der Waals surface area contributed by atoms with Crippen LogP contribution in [0.15, 0.2) is 23.6 Å². The van der Waals surface area contributed by atoms with Gasteiger partial charge in [-0.1, -0.05) is 6.07 Å². The molecule has 1 heterocycles. The van der Waals surface area contributed by atoms with Crippen LogP contribution in [0.1, 0.15) is 21.5 Å². The van der Waals surface area contributed by atoms with Crippen LogP contribution in [-0.2, 0) is 0 Å². The van der Waals surface area contributed by atoms with Crippen molar-refractivity contribution in [2.75, 3.05) is 7.11 Å². The molecule has 0 aliphatic heterocycles. The number of thiophene rings is 1. The Morgan fingerprint density at radius 2 is 2.06 bits per heavy atom. The second kappa shape index (κ2) is 4.82. The highest BCUT2D eigenvalue weighted by atomic mass is 32.1. The Bertz CT molecular complexity index is 599. The van der Waals surface area contributed by atoms with Gasteiger partial charge < -0.3 is 9.84 Å². The number of aryl methyl sites for hydroxylation is 1. The number of ether oxygens (including phenoxy) is 1. The standard InChI is InChI=1S/C14H14O3S/c1-8-4-5-11(13(17-3)9(8)2)12-6-10(7-18-12)14(15)16/h4-7H,1-3H3,(H,15,16). The SMILES string of the molecule is COc1c(-c2cc(C(=O)O)cs2)ccc(C)c1C. The van der Waals surface area contributed by atoms with Crippen LogP contribution in [0.25, 0.3) is 10.4 Å². The second-order valence-electron chi connectivity index (χ2n) is 4.09. The number of aromatic carboxylic acids is 1. The molecule has 1 aromatic carbocycles. The van der Waals surface area contributed by atoms with E-state index in [2.05, 4.69) is 0 Å². The van der Waals surface area contributed by atoms with E-state index >= 15 is 0 Å². The van der Waals surface area contributed by atoms with Crippen LogP contribution in [0.5, 0.6) is 5.75 Å². The molecule has 0 spiro atoms. The van der Waals surface area contributed by atoms with Gasteiger partial charge in [-0.15, -0.1) is 11.3 Å². The summed E-state index contributed by atoms with van der Waals surface area (Å²) in [5, 5.41) is 10.6. The molecule has 1 N–H and O–H groups in total. The minimum atomic E-state index is -0.902. The normalized spacial score (nSPS) is 10.4. The van der Waals surface area contributed by atoms with Crippen molar-refractivity contribution >= 4 is 17.3 Å². The Kier molecular flexibility index (Phi) is 3.39. The first-order chi connectivity index (χ1) is 8.54. The third kappa shape index (κ3) is 2.11. The molecule has 0 amide bonds. The van der Waals surface area contributed by atoms with Crippen molar-refractivity contribution in [3.63, 3.8) is 0 Å². The zero-order chi connectivity index (χ0) is 13.3. The summed E-state index contributed by atoms with van der Waals surface area (Å²) < 4.78 is 5.44. The van der Waals surface area contributed by atoms with Gasteiger partial charge in [0.1, 0.15) is 5.75 Å². The third-order valence-corrected chi connectivity index (χ3v) is 3.96. The van der Waals surface area contributed by atoms with Crippen molar-refractivity contribution < 1.29 is 14.6 Å². The molecule has 1 aromatic heterocycles. The van der Waals surface area contributed by atoms with Crippen LogP contribution in [0, 0.1) is 13.8 Å². The van der Waals surface area contributed by atoms with E-state index < -0.39 is 5.97 Å². The predicted octanol–water partition coefficient (Wildman–Crippen LogP) is 3.74. The molecule has 4 heteroatoms. The Morgan fingerprint density at radius 3 is 2.61 bits per heavy atom.